The van der Waals surface area contributed by atoms with Gasteiger partial charge in [0.15, 0.2) is 22.8 Å². The van der Waals surface area contributed by atoms with Gasteiger partial charge in [0.2, 0.25) is 0 Å². The molecule has 0 bridgehead atoms. The summed E-state index contributed by atoms with van der Waals surface area (Å²) in [5, 5.41) is 35.1. The Labute approximate surface area is 218 Å². The highest BCUT2D eigenvalue weighted by Crippen LogP contribution is 2.44. The highest BCUT2D eigenvalue weighted by molar-refractivity contribution is 7.98. The van der Waals surface area contributed by atoms with Gasteiger partial charge in [0.25, 0.3) is 0 Å². The largest absolute Gasteiger partial charge is 0.493 e. The predicted molar refractivity (Wildman–Crippen MR) is 136 cm³/mol. The molecule has 0 amide bonds. The normalized spacial score (nSPS) is 20.8. The minimum Gasteiger partial charge on any atom is -0.493 e. The fourth-order valence-electron chi connectivity index (χ4n) is 4.40. The Morgan fingerprint density at radius 2 is 1.86 bits per heavy atom. The molecule has 1 saturated carbocycles. The number of aliphatic hydroxyl groups excluding tert-OH is 2. The van der Waals surface area contributed by atoms with Crippen LogP contribution in [-0.4, -0.2) is 86.3 Å². The highest BCUT2D eigenvalue weighted by atomic mass is 32.2. The van der Waals surface area contributed by atoms with Crippen LogP contribution >= 0.6 is 11.8 Å². The Kier molecular flexibility index (Phi) is 9.84. The van der Waals surface area contributed by atoms with Crippen molar-refractivity contribution >= 4 is 29.4 Å². The van der Waals surface area contributed by atoms with Crippen LogP contribution in [0.25, 0.3) is 0 Å². The third-order valence-corrected chi connectivity index (χ3v) is 6.68. The van der Waals surface area contributed by atoms with Crippen molar-refractivity contribution in [2.24, 2.45) is 4.99 Å². The minimum absolute atomic E-state index is 0.147. The molecule has 0 radical (unpaired) electrons. The first-order valence-electron chi connectivity index (χ1n) is 11.8. The molecule has 37 heavy (non-hydrogen) atoms. The zero-order valence-electron chi connectivity index (χ0n) is 20.8. The van der Waals surface area contributed by atoms with E-state index in [9.17, 15) is 14.7 Å². The molecule has 0 saturated heterocycles. The van der Waals surface area contributed by atoms with Gasteiger partial charge in [0.05, 0.1) is 38.0 Å². The van der Waals surface area contributed by atoms with Gasteiger partial charge in [-0.1, -0.05) is 11.8 Å². The van der Waals surface area contributed by atoms with E-state index in [1.807, 2.05) is 31.6 Å². The van der Waals surface area contributed by atoms with E-state index in [4.69, 9.17) is 29.8 Å². The van der Waals surface area contributed by atoms with Gasteiger partial charge >= 0.3 is 11.9 Å². The second kappa shape index (κ2) is 12.8. The average molecular weight is 534 g/mol. The van der Waals surface area contributed by atoms with Crippen molar-refractivity contribution in [1.29, 1.82) is 0 Å². The quantitative estimate of drug-likeness (QED) is 0.290. The molecule has 200 valence electrons. The smallest absolute Gasteiger partial charge is 0.333 e. The predicted octanol–water partition coefficient (Wildman–Crippen LogP) is 2.36. The van der Waals surface area contributed by atoms with Crippen molar-refractivity contribution in [2.45, 2.75) is 61.9 Å². The number of aromatic nitrogens is 2. The summed E-state index contributed by atoms with van der Waals surface area (Å²) in [7, 11) is 1.65. The molecule has 0 spiro atoms. The van der Waals surface area contributed by atoms with E-state index in [1.165, 1.54) is 11.8 Å². The molecular weight excluding hydrogens is 502 g/mol. The van der Waals surface area contributed by atoms with Gasteiger partial charge in [-0.15, -0.1) is 0 Å². The lowest BCUT2D eigenvalue weighted by atomic mass is 9.74. The number of carboxylic acid groups (broad SMARTS) is 2. The molecule has 2 aliphatic rings. The highest BCUT2D eigenvalue weighted by Gasteiger charge is 2.37. The first kappa shape index (κ1) is 28.4. The van der Waals surface area contributed by atoms with Gasteiger partial charge < -0.3 is 29.9 Å². The van der Waals surface area contributed by atoms with Gasteiger partial charge in [-0.25, -0.2) is 14.8 Å². The second-order valence-corrected chi connectivity index (χ2v) is 9.33. The molecule has 1 aromatic heterocycles. The number of rotatable bonds is 8. The summed E-state index contributed by atoms with van der Waals surface area (Å²) in [5.74, 6) is -1.25. The Balaban J connectivity index is 0.000000364. The molecule has 2 aromatic rings. The van der Waals surface area contributed by atoms with E-state index >= 15 is 0 Å². The first-order chi connectivity index (χ1) is 17.7. The molecular formula is C25H31N3O8S. The van der Waals surface area contributed by atoms with Crippen LogP contribution in [-0.2, 0) is 9.59 Å². The number of nitrogens with zero attached hydrogens (tertiary/aromatic N) is 3. The zero-order chi connectivity index (χ0) is 27.1. The lowest BCUT2D eigenvalue weighted by Gasteiger charge is -2.37. The topological polar surface area (TPSA) is 172 Å². The third kappa shape index (κ3) is 6.96. The molecule has 1 aromatic carbocycles. The SMILES string of the molecule is CCOc1cc2c(cc1OC)C(c1cnc(SC)nc1)=N[C@@H]1CC[C@@H](O)C[C@H]21.O=C(O)C[C@H](O)C(=O)O. The standard InChI is InChI=1S/C21H25N3O3S.C4H6O5/c1-4-27-19-8-14-15-7-13(25)5-6-17(15)24-20(16(14)9-18(19)26-2)12-10-22-21(28-3)23-11-12;5-2(4(8)9)1-3(6)7/h8-11,13,15,17,25H,4-7H2,1-3H3;2,5H,1H2,(H,6,7)(H,8,9)/t13-,15-,17-;2-/m10/s1. The van der Waals surface area contributed by atoms with Crippen molar-refractivity contribution < 1.29 is 39.5 Å². The van der Waals surface area contributed by atoms with Gasteiger partial charge in [0.1, 0.15) is 0 Å². The number of fused-ring (bicyclic) bond motifs is 3. The van der Waals surface area contributed by atoms with Gasteiger partial charge in [-0.2, -0.15) is 0 Å². The molecule has 12 heteroatoms. The summed E-state index contributed by atoms with van der Waals surface area (Å²) in [6.07, 6.45) is 5.17. The number of carbonyl (C=O) groups is 2. The molecule has 1 fully saturated rings. The van der Waals surface area contributed by atoms with E-state index in [0.717, 1.165) is 46.1 Å². The lowest BCUT2D eigenvalue weighted by Crippen LogP contribution is -2.34. The summed E-state index contributed by atoms with van der Waals surface area (Å²) in [4.78, 5) is 33.3. The minimum atomic E-state index is -1.79. The maximum absolute atomic E-state index is 10.3. The van der Waals surface area contributed by atoms with E-state index < -0.39 is 24.5 Å². The Bertz CT molecular complexity index is 1140. The summed E-state index contributed by atoms with van der Waals surface area (Å²) in [5.41, 5.74) is 3.96. The zero-order valence-corrected chi connectivity index (χ0v) is 21.6. The Morgan fingerprint density at radius 3 is 2.41 bits per heavy atom. The van der Waals surface area contributed by atoms with Gasteiger partial charge in [-0.3, -0.25) is 9.79 Å². The van der Waals surface area contributed by atoms with Crippen LogP contribution < -0.4 is 9.47 Å². The second-order valence-electron chi connectivity index (χ2n) is 8.55. The molecule has 4 N–H and O–H groups in total. The van der Waals surface area contributed by atoms with Crippen molar-refractivity contribution in [1.82, 2.24) is 9.97 Å². The number of aliphatic imine (C=N–C) groups is 1. The first-order valence-corrected chi connectivity index (χ1v) is 13.0. The van der Waals surface area contributed by atoms with E-state index in [2.05, 4.69) is 16.0 Å². The van der Waals surface area contributed by atoms with Crippen LogP contribution in [0.15, 0.2) is 34.7 Å². The van der Waals surface area contributed by atoms with Crippen molar-refractivity contribution in [3.8, 4) is 11.5 Å². The van der Waals surface area contributed by atoms with Crippen molar-refractivity contribution in [3.63, 3.8) is 0 Å². The maximum atomic E-state index is 10.3. The van der Waals surface area contributed by atoms with Crippen molar-refractivity contribution in [2.75, 3.05) is 20.0 Å². The summed E-state index contributed by atoms with van der Waals surface area (Å²) >= 11 is 1.52. The number of hydrogen-bond acceptors (Lipinski definition) is 10. The van der Waals surface area contributed by atoms with Crippen molar-refractivity contribution in [3.05, 3.63) is 41.2 Å². The molecule has 1 aliphatic heterocycles. The van der Waals surface area contributed by atoms with Gasteiger partial charge in [-0.05, 0) is 50.1 Å². The number of ether oxygens (including phenoxy) is 2. The Hall–Kier alpha value is -3.22. The maximum Gasteiger partial charge on any atom is 0.333 e. The van der Waals surface area contributed by atoms with Crippen LogP contribution in [0.1, 0.15) is 55.2 Å². The molecule has 4 atom stereocenters. The van der Waals surface area contributed by atoms with Gasteiger partial charge in [0, 0.05) is 29.4 Å². The van der Waals surface area contributed by atoms with E-state index in [-0.39, 0.29) is 18.1 Å². The van der Waals surface area contributed by atoms with Crippen LogP contribution in [0.4, 0.5) is 0 Å². The summed E-state index contributed by atoms with van der Waals surface area (Å²) in [6, 6.07) is 4.21. The number of benzene rings is 1. The number of aliphatic hydroxyl groups is 2. The fraction of sp³-hybridized carbons (Fsp3) is 0.480. The molecule has 0 unspecified atom stereocenters. The molecule has 1 aliphatic carbocycles. The average Bonchev–Trinajstić information content (AvgIpc) is 2.88. The Morgan fingerprint density at radius 1 is 1.16 bits per heavy atom. The molecule has 4 rings (SSSR count). The number of aliphatic carboxylic acids is 2. The van der Waals surface area contributed by atoms with Crippen LogP contribution in [0.3, 0.4) is 0 Å². The summed E-state index contributed by atoms with van der Waals surface area (Å²) in [6.45, 7) is 2.53. The summed E-state index contributed by atoms with van der Waals surface area (Å²) < 4.78 is 11.4. The van der Waals surface area contributed by atoms with E-state index in [0.29, 0.717) is 18.8 Å². The monoisotopic (exact) mass is 533 g/mol. The van der Waals surface area contributed by atoms with Crippen LogP contribution in [0.2, 0.25) is 0 Å². The fourth-order valence-corrected chi connectivity index (χ4v) is 4.71. The number of hydrogen-bond donors (Lipinski definition) is 4. The molecule has 11 nitrogen and oxygen atoms in total. The molecule has 2 heterocycles. The number of carboxylic acids is 2. The van der Waals surface area contributed by atoms with Crippen LogP contribution in [0, 0.1) is 0 Å². The van der Waals surface area contributed by atoms with E-state index in [1.54, 1.807) is 7.11 Å². The third-order valence-electron chi connectivity index (χ3n) is 6.11. The number of methoxy groups -OCH3 is 1. The lowest BCUT2D eigenvalue weighted by molar-refractivity contribution is -0.152. The number of thioether (sulfide) groups is 1. The van der Waals surface area contributed by atoms with Crippen LogP contribution in [0.5, 0.6) is 11.5 Å².